The maximum absolute atomic E-state index is 13.8. The van der Waals surface area contributed by atoms with Gasteiger partial charge in [-0.3, -0.25) is 9.59 Å². The molecule has 0 fully saturated rings. The molecular formula is C19H19F6N5O2. The number of nitrogens with one attached hydrogen (secondary N) is 1. The zero-order valence-corrected chi connectivity index (χ0v) is 16.8. The molecule has 2 heterocycles. The Bertz CT molecular complexity index is 1050. The number of benzene rings is 1. The highest BCUT2D eigenvalue weighted by Gasteiger charge is 2.42. The van der Waals surface area contributed by atoms with Crippen LogP contribution < -0.4 is 11.1 Å². The van der Waals surface area contributed by atoms with E-state index in [0.717, 1.165) is 4.57 Å². The predicted molar refractivity (Wildman–Crippen MR) is 98.6 cm³/mol. The van der Waals surface area contributed by atoms with Crippen molar-refractivity contribution in [2.24, 2.45) is 5.73 Å². The van der Waals surface area contributed by atoms with E-state index in [1.165, 1.54) is 11.9 Å². The largest absolute Gasteiger partial charge is 0.435 e. The minimum Gasteiger partial charge on any atom is -0.354 e. The molecule has 2 aromatic rings. The summed E-state index contributed by atoms with van der Waals surface area (Å²) in [6.45, 7) is -0.388. The average molecular weight is 463 g/mol. The number of amides is 2. The minimum atomic E-state index is -4.86. The van der Waals surface area contributed by atoms with Crippen molar-refractivity contribution < 1.29 is 35.9 Å². The zero-order chi connectivity index (χ0) is 23.8. The number of fused-ring (bicyclic) bond motifs is 1. The van der Waals surface area contributed by atoms with Crippen molar-refractivity contribution >= 4 is 11.8 Å². The van der Waals surface area contributed by atoms with E-state index in [1.54, 1.807) is 0 Å². The van der Waals surface area contributed by atoms with Crippen molar-refractivity contribution in [1.82, 2.24) is 19.8 Å². The van der Waals surface area contributed by atoms with Crippen molar-refractivity contribution in [2.75, 3.05) is 13.6 Å². The van der Waals surface area contributed by atoms with Gasteiger partial charge in [0.25, 0.3) is 5.91 Å². The fourth-order valence-corrected chi connectivity index (χ4v) is 3.52. The quantitative estimate of drug-likeness (QED) is 0.524. The minimum absolute atomic E-state index is 0.00422. The number of hydrogen-bond acceptors (Lipinski definition) is 4. The Morgan fingerprint density at radius 3 is 2.44 bits per heavy atom. The van der Waals surface area contributed by atoms with Crippen molar-refractivity contribution in [3.05, 3.63) is 52.4 Å². The van der Waals surface area contributed by atoms with Crippen LogP contribution in [-0.4, -0.2) is 45.9 Å². The highest BCUT2D eigenvalue weighted by molar-refractivity contribution is 5.94. The summed E-state index contributed by atoms with van der Waals surface area (Å²) in [4.78, 5) is 29.3. The van der Waals surface area contributed by atoms with Gasteiger partial charge < -0.3 is 20.5 Å². The fraction of sp³-hybridized carbons (Fsp3) is 0.421. The maximum atomic E-state index is 13.8. The van der Waals surface area contributed by atoms with Crippen LogP contribution in [0, 0.1) is 17.5 Å². The molecule has 0 spiro atoms. The Morgan fingerprint density at radius 1 is 1.16 bits per heavy atom. The third-order valence-electron chi connectivity index (χ3n) is 5.04. The van der Waals surface area contributed by atoms with Gasteiger partial charge in [0.05, 0.1) is 6.54 Å². The second-order valence-corrected chi connectivity index (χ2v) is 7.30. The molecule has 13 heteroatoms. The van der Waals surface area contributed by atoms with E-state index >= 15 is 0 Å². The second kappa shape index (κ2) is 8.81. The van der Waals surface area contributed by atoms with E-state index in [-0.39, 0.29) is 43.9 Å². The number of halogens is 6. The topological polar surface area (TPSA) is 93.2 Å². The van der Waals surface area contributed by atoms with Crippen LogP contribution in [0.2, 0.25) is 0 Å². The Morgan fingerprint density at radius 2 is 1.81 bits per heavy atom. The lowest BCUT2D eigenvalue weighted by Gasteiger charge is -2.29. The van der Waals surface area contributed by atoms with Crippen LogP contribution in [0.4, 0.5) is 26.3 Å². The number of carbonyl (C=O) groups is 2. The van der Waals surface area contributed by atoms with Crippen LogP contribution in [0.25, 0.3) is 0 Å². The average Bonchev–Trinajstić information content (AvgIpc) is 3.10. The smallest absolute Gasteiger partial charge is 0.354 e. The summed E-state index contributed by atoms with van der Waals surface area (Å²) in [6.07, 6.45) is -5.43. The van der Waals surface area contributed by atoms with Gasteiger partial charge in [-0.1, -0.05) is 0 Å². The Labute approximate surface area is 178 Å². The van der Waals surface area contributed by atoms with E-state index < -0.39 is 52.9 Å². The molecule has 174 valence electrons. The van der Waals surface area contributed by atoms with Crippen LogP contribution in [0.5, 0.6) is 0 Å². The number of nitrogens with two attached hydrogens (primary N) is 1. The molecule has 1 aromatic carbocycles. The first-order chi connectivity index (χ1) is 14.9. The molecule has 0 unspecified atom stereocenters. The van der Waals surface area contributed by atoms with E-state index in [1.807, 2.05) is 0 Å². The first-order valence-electron chi connectivity index (χ1n) is 9.47. The van der Waals surface area contributed by atoms with Crippen LogP contribution >= 0.6 is 0 Å². The molecule has 0 saturated heterocycles. The molecule has 1 aliphatic heterocycles. The Hall–Kier alpha value is -3.09. The molecule has 7 nitrogen and oxygen atoms in total. The maximum Gasteiger partial charge on any atom is 0.435 e. The third kappa shape index (κ3) is 4.71. The lowest BCUT2D eigenvalue weighted by Crippen LogP contribution is -2.42. The Kier molecular flexibility index (Phi) is 6.49. The third-order valence-corrected chi connectivity index (χ3v) is 5.04. The molecule has 0 saturated carbocycles. The van der Waals surface area contributed by atoms with Crippen LogP contribution in [0.1, 0.15) is 34.0 Å². The molecule has 2 amide bonds. The summed E-state index contributed by atoms with van der Waals surface area (Å²) in [5.74, 6) is -5.22. The first-order valence-corrected chi connectivity index (χ1v) is 9.47. The number of nitrogens with zero attached hydrogens (tertiary/aromatic N) is 3. The van der Waals surface area contributed by atoms with Gasteiger partial charge in [-0.05, 0) is 18.1 Å². The number of rotatable bonds is 5. The highest BCUT2D eigenvalue weighted by atomic mass is 19.4. The summed E-state index contributed by atoms with van der Waals surface area (Å²) in [7, 11) is 1.19. The highest BCUT2D eigenvalue weighted by Crippen LogP contribution is 2.33. The van der Waals surface area contributed by atoms with Gasteiger partial charge in [0.2, 0.25) is 5.91 Å². The van der Waals surface area contributed by atoms with E-state index in [9.17, 15) is 35.9 Å². The van der Waals surface area contributed by atoms with Gasteiger partial charge >= 0.3 is 6.18 Å². The van der Waals surface area contributed by atoms with Crippen LogP contribution in [0.3, 0.4) is 0 Å². The summed E-state index contributed by atoms with van der Waals surface area (Å²) in [6, 6.07) is 0.0909. The van der Waals surface area contributed by atoms with Gasteiger partial charge in [-0.2, -0.15) is 13.2 Å². The predicted octanol–water partition coefficient (Wildman–Crippen LogP) is 1.98. The number of alkyl halides is 3. The number of aromatic nitrogens is 2. The standard InChI is InChI=1S/C19H19F6N5O2/c1-27-18(32)16-17(19(23,24)25)28-14-8-29(2-3-30(14)16)15(31)6-10(26)4-9-5-12(21)13(22)7-11(9)20/h5,7,10H,2-4,6,8,26H2,1H3,(H,27,32)/t10-/m0/s1. The first kappa shape index (κ1) is 23.6. The summed E-state index contributed by atoms with van der Waals surface area (Å²) in [5.41, 5.74) is 3.68. The molecule has 32 heavy (non-hydrogen) atoms. The monoisotopic (exact) mass is 463 g/mol. The summed E-state index contributed by atoms with van der Waals surface area (Å²) < 4.78 is 81.2. The SMILES string of the molecule is CNC(=O)c1c(C(F)(F)F)nc2n1CCN(C(=O)C[C@@H](N)Cc1cc(F)c(F)cc1F)C2. The van der Waals surface area contributed by atoms with E-state index in [0.29, 0.717) is 12.1 Å². The molecule has 3 rings (SSSR count). The summed E-state index contributed by atoms with van der Waals surface area (Å²) in [5, 5.41) is 2.15. The van der Waals surface area contributed by atoms with Crippen molar-refractivity contribution in [3.8, 4) is 0 Å². The number of hydrogen-bond donors (Lipinski definition) is 2. The van der Waals surface area contributed by atoms with Gasteiger partial charge in [-0.15, -0.1) is 0 Å². The van der Waals surface area contributed by atoms with Gasteiger partial charge in [0.15, 0.2) is 17.3 Å². The van der Waals surface area contributed by atoms with Crippen LogP contribution in [0.15, 0.2) is 12.1 Å². The zero-order valence-electron chi connectivity index (χ0n) is 16.8. The molecule has 3 N–H and O–H groups in total. The van der Waals surface area contributed by atoms with Crippen molar-refractivity contribution in [2.45, 2.75) is 38.1 Å². The molecule has 1 aliphatic rings. The molecular weight excluding hydrogens is 444 g/mol. The summed E-state index contributed by atoms with van der Waals surface area (Å²) >= 11 is 0. The van der Waals surface area contributed by atoms with Gasteiger partial charge in [0.1, 0.15) is 17.3 Å². The number of carbonyl (C=O) groups excluding carboxylic acids is 2. The second-order valence-electron chi connectivity index (χ2n) is 7.30. The lowest BCUT2D eigenvalue weighted by molar-refractivity contribution is -0.141. The van der Waals surface area contributed by atoms with Crippen molar-refractivity contribution in [3.63, 3.8) is 0 Å². The lowest BCUT2D eigenvalue weighted by atomic mass is 10.0. The Balaban J connectivity index is 1.73. The van der Waals surface area contributed by atoms with Crippen molar-refractivity contribution in [1.29, 1.82) is 0 Å². The molecule has 0 aliphatic carbocycles. The molecule has 0 bridgehead atoms. The molecule has 1 atom stereocenters. The van der Waals surface area contributed by atoms with Crippen LogP contribution in [-0.2, 0) is 30.5 Å². The van der Waals surface area contributed by atoms with Gasteiger partial charge in [-0.25, -0.2) is 18.2 Å². The number of imidazole rings is 1. The molecule has 0 radical (unpaired) electrons. The van der Waals surface area contributed by atoms with E-state index in [2.05, 4.69) is 10.3 Å². The normalized spacial score (nSPS) is 14.8. The van der Waals surface area contributed by atoms with E-state index in [4.69, 9.17) is 5.73 Å². The molecule has 1 aromatic heterocycles. The fourth-order valence-electron chi connectivity index (χ4n) is 3.52. The van der Waals surface area contributed by atoms with Gasteiger partial charge in [0, 0.05) is 38.7 Å².